The van der Waals surface area contributed by atoms with Gasteiger partial charge in [-0.05, 0) is 53.6 Å². The van der Waals surface area contributed by atoms with Crippen molar-refractivity contribution in [3.05, 3.63) is 76.8 Å². The summed E-state index contributed by atoms with van der Waals surface area (Å²) in [5.41, 5.74) is 1.47. The van der Waals surface area contributed by atoms with Crippen molar-refractivity contribution in [3.63, 3.8) is 0 Å². The number of nitrogens with one attached hydrogen (secondary N) is 1. The van der Waals surface area contributed by atoms with Gasteiger partial charge in [-0.25, -0.2) is 0 Å². The fourth-order valence-electron chi connectivity index (χ4n) is 2.27. The van der Waals surface area contributed by atoms with Gasteiger partial charge in [0.1, 0.15) is 0 Å². The third-order valence-corrected chi connectivity index (χ3v) is 5.38. The predicted octanol–water partition coefficient (Wildman–Crippen LogP) is 4.30. The summed E-state index contributed by atoms with van der Waals surface area (Å²) in [4.78, 5) is 2.45. The first-order valence-corrected chi connectivity index (χ1v) is 9.54. The van der Waals surface area contributed by atoms with Crippen molar-refractivity contribution < 1.29 is 8.42 Å². The molecule has 0 fully saturated rings. The highest BCUT2D eigenvalue weighted by molar-refractivity contribution is 9.10. The van der Waals surface area contributed by atoms with Crippen LogP contribution >= 0.6 is 15.9 Å². The predicted molar refractivity (Wildman–Crippen MR) is 101 cm³/mol. The zero-order valence-corrected chi connectivity index (χ0v) is 15.3. The van der Waals surface area contributed by atoms with E-state index in [4.69, 9.17) is 0 Å². The molecule has 122 valence electrons. The molecule has 0 unspecified atom stereocenters. The Morgan fingerprint density at radius 3 is 2.33 bits per heavy atom. The lowest BCUT2D eigenvalue weighted by atomic mass is 10.0. The van der Waals surface area contributed by atoms with Crippen LogP contribution in [-0.2, 0) is 10.0 Å². The van der Waals surface area contributed by atoms with E-state index in [0.717, 1.165) is 20.8 Å². The summed E-state index contributed by atoms with van der Waals surface area (Å²) in [5, 5.41) is 6.25. The van der Waals surface area contributed by atoms with Gasteiger partial charge >= 0.3 is 0 Å². The lowest BCUT2D eigenvalue weighted by Crippen LogP contribution is -2.19. The molecule has 0 saturated heterocycles. The topological polar surface area (TPSA) is 58.5 Å². The van der Waals surface area contributed by atoms with Gasteiger partial charge in [0.05, 0.1) is 10.6 Å². The molecule has 0 radical (unpaired) electrons. The Bertz CT molecular complexity index is 1010. The molecule has 4 nitrogen and oxygen atoms in total. The second kappa shape index (κ2) is 6.75. The van der Waals surface area contributed by atoms with Crippen molar-refractivity contribution in [3.8, 4) is 0 Å². The number of hydrazone groups is 1. The van der Waals surface area contributed by atoms with Crippen LogP contribution in [0.2, 0.25) is 0 Å². The van der Waals surface area contributed by atoms with Gasteiger partial charge in [-0.1, -0.05) is 52.3 Å². The van der Waals surface area contributed by atoms with E-state index in [-0.39, 0.29) is 4.90 Å². The Kier molecular flexibility index (Phi) is 4.69. The van der Waals surface area contributed by atoms with Gasteiger partial charge in [0.2, 0.25) is 0 Å². The molecule has 3 aromatic rings. The summed E-state index contributed by atoms with van der Waals surface area (Å²) in [6.07, 6.45) is 0. The molecular formula is C18H15BrN2O2S. The van der Waals surface area contributed by atoms with E-state index < -0.39 is 10.0 Å². The van der Waals surface area contributed by atoms with E-state index >= 15 is 0 Å². The van der Waals surface area contributed by atoms with Crippen LogP contribution in [0.25, 0.3) is 10.8 Å². The fourth-order valence-corrected chi connectivity index (χ4v) is 3.40. The first kappa shape index (κ1) is 16.7. The first-order chi connectivity index (χ1) is 11.5. The molecule has 0 aliphatic heterocycles. The summed E-state index contributed by atoms with van der Waals surface area (Å²) in [6, 6.07) is 20.3. The third kappa shape index (κ3) is 3.66. The number of sulfonamides is 1. The number of rotatable bonds is 4. The number of hydrogen-bond donors (Lipinski definition) is 1. The van der Waals surface area contributed by atoms with Crippen molar-refractivity contribution in [1.29, 1.82) is 0 Å². The second-order valence-corrected chi connectivity index (χ2v) is 7.88. The summed E-state index contributed by atoms with van der Waals surface area (Å²) < 4.78 is 25.3. The van der Waals surface area contributed by atoms with Crippen molar-refractivity contribution in [2.24, 2.45) is 5.10 Å². The Hall–Kier alpha value is -2.18. The van der Waals surface area contributed by atoms with E-state index in [1.54, 1.807) is 19.1 Å². The fraction of sp³-hybridized carbons (Fsp3) is 0.0556. The molecular weight excluding hydrogens is 388 g/mol. The normalized spacial score (nSPS) is 12.3. The highest BCUT2D eigenvalue weighted by Gasteiger charge is 2.12. The summed E-state index contributed by atoms with van der Waals surface area (Å²) in [5.74, 6) is 0. The van der Waals surface area contributed by atoms with Crippen LogP contribution in [0.3, 0.4) is 0 Å². The molecule has 1 N–H and O–H groups in total. The number of halogens is 1. The highest BCUT2D eigenvalue weighted by atomic mass is 79.9. The molecule has 6 heteroatoms. The summed E-state index contributed by atoms with van der Waals surface area (Å²) in [7, 11) is -3.68. The Morgan fingerprint density at radius 2 is 1.62 bits per heavy atom. The maximum absolute atomic E-state index is 12.3. The SMILES string of the molecule is C/C(=N/NS(=O)(=O)c1ccc(Br)cc1)c1ccc2ccccc2c1. The van der Waals surface area contributed by atoms with Crippen LogP contribution in [-0.4, -0.2) is 14.1 Å². The van der Waals surface area contributed by atoms with Gasteiger partial charge in [0.15, 0.2) is 0 Å². The maximum Gasteiger partial charge on any atom is 0.276 e. The summed E-state index contributed by atoms with van der Waals surface area (Å²) in [6.45, 7) is 1.77. The lowest BCUT2D eigenvalue weighted by Gasteiger charge is -2.06. The number of fused-ring (bicyclic) bond motifs is 1. The van der Waals surface area contributed by atoms with E-state index in [0.29, 0.717) is 5.71 Å². The average Bonchev–Trinajstić information content (AvgIpc) is 2.59. The molecule has 0 aliphatic rings. The molecule has 3 rings (SSSR count). The Morgan fingerprint density at radius 1 is 0.958 bits per heavy atom. The standard InChI is InChI=1S/C18H15BrN2O2S/c1-13(15-7-6-14-4-2-3-5-16(14)12-15)20-21-24(22,23)18-10-8-17(19)9-11-18/h2-12,21H,1H3/b20-13-. The van der Waals surface area contributed by atoms with Crippen molar-refractivity contribution in [2.75, 3.05) is 0 Å². The second-order valence-electron chi connectivity index (χ2n) is 5.31. The molecule has 0 spiro atoms. The van der Waals surface area contributed by atoms with Crippen LogP contribution in [0, 0.1) is 0 Å². The van der Waals surface area contributed by atoms with Gasteiger partial charge in [0, 0.05) is 4.47 Å². The van der Waals surface area contributed by atoms with Gasteiger partial charge in [-0.3, -0.25) is 0 Å². The van der Waals surface area contributed by atoms with E-state index in [1.165, 1.54) is 12.1 Å². The molecule has 0 amide bonds. The smallest absolute Gasteiger partial charge is 0.200 e. The largest absolute Gasteiger partial charge is 0.276 e. The van der Waals surface area contributed by atoms with Crippen molar-refractivity contribution in [1.82, 2.24) is 4.83 Å². The van der Waals surface area contributed by atoms with Crippen LogP contribution in [0.4, 0.5) is 0 Å². The molecule has 0 atom stereocenters. The van der Waals surface area contributed by atoms with Crippen molar-refractivity contribution in [2.45, 2.75) is 11.8 Å². The number of benzene rings is 3. The molecule has 0 bridgehead atoms. The molecule has 3 aromatic carbocycles. The van der Waals surface area contributed by atoms with Gasteiger partial charge in [0.25, 0.3) is 10.0 Å². The third-order valence-electron chi connectivity index (χ3n) is 3.62. The van der Waals surface area contributed by atoms with E-state index in [1.807, 2.05) is 42.5 Å². The molecule has 0 saturated carbocycles. The number of hydrogen-bond acceptors (Lipinski definition) is 3. The Balaban J connectivity index is 1.85. The molecule has 0 aliphatic carbocycles. The van der Waals surface area contributed by atoms with Crippen LogP contribution in [0.5, 0.6) is 0 Å². The van der Waals surface area contributed by atoms with E-state index in [9.17, 15) is 8.42 Å². The lowest BCUT2D eigenvalue weighted by molar-refractivity contribution is 0.584. The minimum atomic E-state index is -3.68. The highest BCUT2D eigenvalue weighted by Crippen LogP contribution is 2.17. The molecule has 0 aromatic heterocycles. The molecule has 0 heterocycles. The minimum Gasteiger partial charge on any atom is -0.200 e. The maximum atomic E-state index is 12.3. The Labute approximate surface area is 149 Å². The van der Waals surface area contributed by atoms with Gasteiger partial charge in [-0.2, -0.15) is 18.4 Å². The monoisotopic (exact) mass is 402 g/mol. The van der Waals surface area contributed by atoms with Crippen molar-refractivity contribution >= 4 is 42.4 Å². The minimum absolute atomic E-state index is 0.167. The quantitative estimate of drug-likeness (QED) is 0.522. The van der Waals surface area contributed by atoms with Crippen LogP contribution in [0.15, 0.2) is 81.2 Å². The zero-order valence-electron chi connectivity index (χ0n) is 12.9. The zero-order chi connectivity index (χ0) is 17.2. The van der Waals surface area contributed by atoms with Crippen LogP contribution < -0.4 is 4.83 Å². The molecule has 24 heavy (non-hydrogen) atoms. The average molecular weight is 403 g/mol. The van der Waals surface area contributed by atoms with Gasteiger partial charge < -0.3 is 0 Å². The first-order valence-electron chi connectivity index (χ1n) is 7.26. The van der Waals surface area contributed by atoms with E-state index in [2.05, 4.69) is 25.9 Å². The van der Waals surface area contributed by atoms with Gasteiger partial charge in [-0.15, -0.1) is 0 Å². The van der Waals surface area contributed by atoms with Crippen LogP contribution in [0.1, 0.15) is 12.5 Å². The number of nitrogens with zero attached hydrogens (tertiary/aromatic N) is 1. The summed E-state index contributed by atoms with van der Waals surface area (Å²) >= 11 is 3.28.